The van der Waals surface area contributed by atoms with E-state index in [1.807, 2.05) is 31.3 Å². The monoisotopic (exact) mass is 454 g/mol. The molecule has 0 spiro atoms. The third-order valence-electron chi connectivity index (χ3n) is 5.68. The Morgan fingerprint density at radius 2 is 2.00 bits per heavy atom. The summed E-state index contributed by atoms with van der Waals surface area (Å²) >= 11 is 3.63. The molecular weight excluding hydrogens is 435 g/mol. The average Bonchev–Trinajstić information content (AvgIpc) is 2.69. The van der Waals surface area contributed by atoms with Gasteiger partial charge >= 0.3 is 0 Å². The van der Waals surface area contributed by atoms with Crippen molar-refractivity contribution in [3.05, 3.63) is 76.4 Å². The Balaban J connectivity index is 1.67. The van der Waals surface area contributed by atoms with Gasteiger partial charge in [-0.1, -0.05) is 0 Å². The van der Waals surface area contributed by atoms with Gasteiger partial charge in [-0.2, -0.15) is 0 Å². The molecule has 0 atom stereocenters. The quantitative estimate of drug-likeness (QED) is 0.608. The van der Waals surface area contributed by atoms with E-state index >= 15 is 0 Å². The Hall–Kier alpha value is -2.80. The second-order valence-electron chi connectivity index (χ2n) is 7.24. The Bertz CT molecular complexity index is 1070. The van der Waals surface area contributed by atoms with Gasteiger partial charge in [0.2, 0.25) is 5.91 Å². The first-order chi connectivity index (χ1) is 13.9. The highest BCUT2D eigenvalue weighted by atomic mass is 79.9. The van der Waals surface area contributed by atoms with E-state index in [1.165, 1.54) is 18.2 Å². The minimum atomic E-state index is -0.594. The van der Waals surface area contributed by atoms with Crippen LogP contribution in [-0.4, -0.2) is 22.9 Å². The van der Waals surface area contributed by atoms with Crippen LogP contribution in [0.1, 0.15) is 35.3 Å². The van der Waals surface area contributed by atoms with Crippen LogP contribution in [0.25, 0.3) is 11.1 Å². The average molecular weight is 455 g/mol. The number of nitrogens with two attached hydrogens (primary N) is 1. The molecule has 0 aliphatic heterocycles. The second kappa shape index (κ2) is 7.55. The van der Waals surface area contributed by atoms with Crippen LogP contribution < -0.4 is 10.6 Å². The largest absolute Gasteiger partial charge is 0.366 e. The molecule has 1 saturated carbocycles. The highest BCUT2D eigenvalue weighted by Crippen LogP contribution is 2.48. The van der Waals surface area contributed by atoms with E-state index in [-0.39, 0.29) is 11.1 Å². The molecule has 1 aromatic carbocycles. The van der Waals surface area contributed by atoms with Gasteiger partial charge in [0.25, 0.3) is 0 Å². The van der Waals surface area contributed by atoms with Crippen molar-refractivity contribution in [2.75, 3.05) is 11.9 Å². The number of nitrogens with zero attached hydrogens (tertiary/aromatic N) is 3. The zero-order chi connectivity index (χ0) is 20.6. The lowest BCUT2D eigenvalue weighted by Gasteiger charge is -2.49. The topological polar surface area (TPSA) is 72.1 Å². The van der Waals surface area contributed by atoms with Crippen molar-refractivity contribution < 1.29 is 9.18 Å². The molecular formula is C22H20BrFN4O. The smallest absolute Gasteiger partial charge is 0.248 e. The predicted molar refractivity (Wildman–Crippen MR) is 114 cm³/mol. The number of hydrogen-bond acceptors (Lipinski definition) is 4. The minimum absolute atomic E-state index is 0.217. The van der Waals surface area contributed by atoms with Gasteiger partial charge in [0.15, 0.2) is 0 Å². The molecule has 2 heterocycles. The van der Waals surface area contributed by atoms with Crippen LogP contribution in [0.3, 0.4) is 0 Å². The van der Waals surface area contributed by atoms with Crippen LogP contribution in [0.2, 0.25) is 0 Å². The van der Waals surface area contributed by atoms with Gasteiger partial charge < -0.3 is 10.6 Å². The SMILES string of the molecule is CN(c1ccc(-c2cc(C(N)=O)ccc2F)cn1)C1(c2ncccc2Br)CCC1. The van der Waals surface area contributed by atoms with Crippen molar-refractivity contribution in [1.82, 2.24) is 9.97 Å². The Morgan fingerprint density at radius 1 is 1.21 bits per heavy atom. The molecule has 0 radical (unpaired) electrons. The Labute approximate surface area is 176 Å². The van der Waals surface area contributed by atoms with Gasteiger partial charge in [0, 0.05) is 40.6 Å². The molecule has 0 saturated heterocycles. The molecule has 29 heavy (non-hydrogen) atoms. The molecule has 148 valence electrons. The summed E-state index contributed by atoms with van der Waals surface area (Å²) in [5, 5.41) is 0. The summed E-state index contributed by atoms with van der Waals surface area (Å²) in [4.78, 5) is 22.7. The number of benzene rings is 1. The van der Waals surface area contributed by atoms with E-state index in [1.54, 1.807) is 12.4 Å². The summed E-state index contributed by atoms with van der Waals surface area (Å²) in [6, 6.07) is 11.7. The fraction of sp³-hybridized carbons (Fsp3) is 0.227. The van der Waals surface area contributed by atoms with Crippen molar-refractivity contribution in [2.24, 2.45) is 5.73 Å². The summed E-state index contributed by atoms with van der Waals surface area (Å²) < 4.78 is 15.3. The maximum absolute atomic E-state index is 14.3. The highest BCUT2D eigenvalue weighted by molar-refractivity contribution is 9.10. The summed E-state index contributed by atoms with van der Waals surface area (Å²) in [5.41, 5.74) is 7.25. The first-order valence-electron chi connectivity index (χ1n) is 9.33. The molecule has 2 aromatic heterocycles. The number of aromatic nitrogens is 2. The van der Waals surface area contributed by atoms with Crippen LogP contribution in [0.5, 0.6) is 0 Å². The first kappa shape index (κ1) is 19.5. The molecule has 1 fully saturated rings. The van der Waals surface area contributed by atoms with E-state index in [4.69, 9.17) is 5.73 Å². The molecule has 2 N–H and O–H groups in total. The molecule has 0 unspecified atom stereocenters. The van der Waals surface area contributed by atoms with Gasteiger partial charge in [-0.15, -0.1) is 0 Å². The number of carbonyl (C=O) groups excluding carboxylic acids is 1. The normalized spacial score (nSPS) is 14.9. The number of anilines is 1. The van der Waals surface area contributed by atoms with Gasteiger partial charge in [-0.25, -0.2) is 9.37 Å². The van der Waals surface area contributed by atoms with E-state index in [9.17, 15) is 9.18 Å². The Morgan fingerprint density at radius 3 is 2.59 bits per heavy atom. The Kier molecular flexibility index (Phi) is 5.08. The molecule has 1 aliphatic rings. The first-order valence-corrected chi connectivity index (χ1v) is 10.1. The number of carbonyl (C=O) groups is 1. The van der Waals surface area contributed by atoms with Crippen LogP contribution in [-0.2, 0) is 5.54 Å². The summed E-state index contributed by atoms with van der Waals surface area (Å²) in [7, 11) is 2.01. The van der Waals surface area contributed by atoms with E-state index in [0.717, 1.165) is 35.2 Å². The number of primary amides is 1. The summed E-state index contributed by atoms with van der Waals surface area (Å²) in [6.45, 7) is 0. The number of pyridine rings is 2. The van der Waals surface area contributed by atoms with Gasteiger partial charge in [0.05, 0.1) is 11.2 Å². The third-order valence-corrected chi connectivity index (χ3v) is 6.32. The van der Waals surface area contributed by atoms with Crippen LogP contribution in [0.15, 0.2) is 59.3 Å². The number of hydrogen-bond donors (Lipinski definition) is 1. The van der Waals surface area contributed by atoms with Crippen molar-refractivity contribution >= 4 is 27.7 Å². The van der Waals surface area contributed by atoms with Crippen molar-refractivity contribution in [1.29, 1.82) is 0 Å². The highest BCUT2D eigenvalue weighted by Gasteiger charge is 2.45. The maximum atomic E-state index is 14.3. The fourth-order valence-corrected chi connectivity index (χ4v) is 4.46. The molecule has 3 aromatic rings. The van der Waals surface area contributed by atoms with Crippen LogP contribution >= 0.6 is 15.9 Å². The van der Waals surface area contributed by atoms with Crippen molar-refractivity contribution in [2.45, 2.75) is 24.8 Å². The molecule has 1 amide bonds. The maximum Gasteiger partial charge on any atom is 0.248 e. The van der Waals surface area contributed by atoms with E-state index in [0.29, 0.717) is 11.1 Å². The molecule has 7 heteroatoms. The van der Waals surface area contributed by atoms with E-state index < -0.39 is 11.7 Å². The van der Waals surface area contributed by atoms with E-state index in [2.05, 4.69) is 30.8 Å². The number of rotatable bonds is 5. The summed E-state index contributed by atoms with van der Waals surface area (Å²) in [6.07, 6.45) is 6.51. The standard InChI is InChI=1S/C22H20BrFN4O/c1-28(22(9-3-10-22)20-17(23)4-2-11-26-20)19-8-6-15(13-27-19)16-12-14(21(25)29)5-7-18(16)24/h2,4-8,11-13H,3,9-10H2,1H3,(H2,25,29). The number of halogens is 2. The lowest BCUT2D eigenvalue weighted by atomic mass is 9.73. The van der Waals surface area contributed by atoms with Crippen molar-refractivity contribution in [3.63, 3.8) is 0 Å². The van der Waals surface area contributed by atoms with Gasteiger partial charge in [0.1, 0.15) is 11.6 Å². The second-order valence-corrected chi connectivity index (χ2v) is 8.10. The van der Waals surface area contributed by atoms with Crippen LogP contribution in [0, 0.1) is 5.82 Å². The predicted octanol–water partition coefficient (Wildman–Crippen LogP) is 4.66. The molecule has 5 nitrogen and oxygen atoms in total. The van der Waals surface area contributed by atoms with Gasteiger partial charge in [-0.3, -0.25) is 9.78 Å². The zero-order valence-corrected chi connectivity index (χ0v) is 17.5. The minimum Gasteiger partial charge on any atom is -0.366 e. The van der Waals surface area contributed by atoms with Gasteiger partial charge in [-0.05, 0) is 77.7 Å². The van der Waals surface area contributed by atoms with Crippen molar-refractivity contribution in [3.8, 4) is 11.1 Å². The lowest BCUT2D eigenvalue weighted by molar-refractivity contribution is 0.100. The zero-order valence-electron chi connectivity index (χ0n) is 15.9. The van der Waals surface area contributed by atoms with Crippen LogP contribution in [0.4, 0.5) is 10.2 Å². The lowest BCUT2D eigenvalue weighted by Crippen LogP contribution is -2.50. The number of amides is 1. The summed E-state index contributed by atoms with van der Waals surface area (Å²) in [5.74, 6) is -0.244. The molecule has 1 aliphatic carbocycles. The third kappa shape index (κ3) is 3.40. The molecule has 0 bridgehead atoms. The molecule has 4 rings (SSSR count). The fourth-order valence-electron chi connectivity index (χ4n) is 3.83.